The van der Waals surface area contributed by atoms with Gasteiger partial charge in [-0.1, -0.05) is 19.9 Å². The van der Waals surface area contributed by atoms with Crippen LogP contribution in [0.25, 0.3) is 0 Å². The van der Waals surface area contributed by atoms with E-state index in [9.17, 15) is 14.7 Å². The number of anilines is 1. The van der Waals surface area contributed by atoms with E-state index in [2.05, 4.69) is 29.5 Å². The molecule has 1 saturated heterocycles. The molecule has 0 spiro atoms. The molecule has 202 valence electrons. The monoisotopic (exact) mass is 504 g/mol. The SMILES string of the molecule is CCOCC(CC(C)C)NC(=O)[C@@H]1CNC[C@H](C(=O)N(c2ccc(C(C)(C)OC)cn2)C2CC2)[C@@H]1O. The van der Waals surface area contributed by atoms with E-state index in [-0.39, 0.29) is 23.9 Å². The predicted molar refractivity (Wildman–Crippen MR) is 139 cm³/mol. The van der Waals surface area contributed by atoms with Crippen LogP contribution in [0.3, 0.4) is 0 Å². The van der Waals surface area contributed by atoms with Gasteiger partial charge in [-0.05, 0) is 52.0 Å². The number of aliphatic hydroxyl groups excluding tert-OH is 1. The largest absolute Gasteiger partial charge is 0.391 e. The maximum absolute atomic E-state index is 13.7. The number of carbonyl (C=O) groups is 2. The molecule has 1 saturated carbocycles. The standard InChI is InChI=1S/C27H44N4O5/c1-7-36-16-19(12-17(2)3)30-25(33)21-14-28-15-22(24(21)32)26(34)31(20-9-10-20)23-11-8-18(13-29-23)27(4,5)35-6/h8,11,13,17,19-22,24,28,32H,7,9-10,12,14-16H2,1-6H3,(H,30,33)/t19?,21-,22+,24-/m1/s1. The van der Waals surface area contributed by atoms with Crippen molar-refractivity contribution < 1.29 is 24.2 Å². The second-order valence-electron chi connectivity index (χ2n) is 10.9. The van der Waals surface area contributed by atoms with Crippen LogP contribution < -0.4 is 15.5 Å². The van der Waals surface area contributed by atoms with Crippen molar-refractivity contribution in [3.8, 4) is 0 Å². The second-order valence-corrected chi connectivity index (χ2v) is 10.9. The van der Waals surface area contributed by atoms with Crippen LogP contribution in [-0.4, -0.2) is 73.5 Å². The summed E-state index contributed by atoms with van der Waals surface area (Å²) in [7, 11) is 1.65. The number of amides is 2. The molecule has 1 aliphatic heterocycles. The van der Waals surface area contributed by atoms with Crippen LogP contribution in [0.1, 0.15) is 59.4 Å². The quantitative estimate of drug-likeness (QED) is 0.400. The van der Waals surface area contributed by atoms with E-state index in [0.717, 1.165) is 24.8 Å². The molecule has 9 heteroatoms. The van der Waals surface area contributed by atoms with E-state index >= 15 is 0 Å². The number of aliphatic hydroxyl groups is 1. The zero-order valence-corrected chi connectivity index (χ0v) is 22.6. The highest BCUT2D eigenvalue weighted by molar-refractivity contribution is 5.96. The molecular formula is C27H44N4O5. The van der Waals surface area contributed by atoms with E-state index < -0.39 is 23.5 Å². The number of nitrogens with one attached hydrogen (secondary N) is 2. The van der Waals surface area contributed by atoms with Gasteiger partial charge >= 0.3 is 0 Å². The van der Waals surface area contributed by atoms with Crippen molar-refractivity contribution in [3.63, 3.8) is 0 Å². The Kier molecular flexibility index (Phi) is 9.86. The number of nitrogens with zero attached hydrogens (tertiary/aromatic N) is 2. The first kappa shape index (κ1) is 28.5. The zero-order valence-electron chi connectivity index (χ0n) is 22.6. The maximum atomic E-state index is 13.7. The summed E-state index contributed by atoms with van der Waals surface area (Å²) < 4.78 is 11.1. The van der Waals surface area contributed by atoms with Crippen LogP contribution in [0.4, 0.5) is 5.82 Å². The van der Waals surface area contributed by atoms with Crippen molar-refractivity contribution in [1.29, 1.82) is 0 Å². The number of ether oxygens (including phenoxy) is 2. The Balaban J connectivity index is 1.73. The van der Waals surface area contributed by atoms with Gasteiger partial charge in [-0.25, -0.2) is 4.98 Å². The first-order valence-electron chi connectivity index (χ1n) is 13.2. The van der Waals surface area contributed by atoms with Gasteiger partial charge in [-0.3, -0.25) is 14.5 Å². The Morgan fingerprint density at radius 3 is 2.50 bits per heavy atom. The number of rotatable bonds is 12. The van der Waals surface area contributed by atoms with Crippen LogP contribution in [0, 0.1) is 17.8 Å². The molecule has 0 aromatic carbocycles. The maximum Gasteiger partial charge on any atom is 0.235 e. The van der Waals surface area contributed by atoms with E-state index in [1.165, 1.54) is 0 Å². The lowest BCUT2D eigenvalue weighted by atomic mass is 9.85. The average Bonchev–Trinajstić information content (AvgIpc) is 3.67. The summed E-state index contributed by atoms with van der Waals surface area (Å²) in [5.74, 6) is -0.953. The third-order valence-corrected chi connectivity index (χ3v) is 7.18. The van der Waals surface area contributed by atoms with Crippen molar-refractivity contribution in [2.24, 2.45) is 17.8 Å². The fourth-order valence-corrected chi connectivity index (χ4v) is 4.70. The minimum absolute atomic E-state index is 0.0642. The van der Waals surface area contributed by atoms with Gasteiger partial charge < -0.3 is 25.2 Å². The summed E-state index contributed by atoms with van der Waals surface area (Å²) in [5.41, 5.74) is 0.427. The van der Waals surface area contributed by atoms with Crippen molar-refractivity contribution in [2.75, 3.05) is 38.3 Å². The molecule has 0 bridgehead atoms. The molecule has 2 fully saturated rings. The molecule has 3 rings (SSSR count). The van der Waals surface area contributed by atoms with Crippen LogP contribution in [-0.2, 0) is 24.7 Å². The summed E-state index contributed by atoms with van der Waals surface area (Å²) >= 11 is 0. The van der Waals surface area contributed by atoms with Crippen molar-refractivity contribution in [2.45, 2.75) is 77.7 Å². The summed E-state index contributed by atoms with van der Waals surface area (Å²) in [4.78, 5) is 33.2. The van der Waals surface area contributed by atoms with Gasteiger partial charge in [0.15, 0.2) is 0 Å². The fraction of sp³-hybridized carbons (Fsp3) is 0.741. The smallest absolute Gasteiger partial charge is 0.235 e. The first-order chi connectivity index (χ1) is 17.1. The summed E-state index contributed by atoms with van der Waals surface area (Å²) in [5, 5.41) is 17.5. The number of aromatic nitrogens is 1. The number of piperidine rings is 1. The molecule has 4 atom stereocenters. The summed E-state index contributed by atoms with van der Waals surface area (Å²) in [6.07, 6.45) is 3.22. The number of methoxy groups -OCH3 is 1. The van der Waals surface area contributed by atoms with Gasteiger partial charge in [0.2, 0.25) is 11.8 Å². The van der Waals surface area contributed by atoms with Crippen LogP contribution in [0.2, 0.25) is 0 Å². The third kappa shape index (κ3) is 7.03. The Labute approximate surface area is 215 Å². The highest BCUT2D eigenvalue weighted by Gasteiger charge is 2.45. The molecule has 0 radical (unpaired) electrons. The van der Waals surface area contributed by atoms with Crippen molar-refractivity contribution >= 4 is 17.6 Å². The van der Waals surface area contributed by atoms with Crippen molar-refractivity contribution in [1.82, 2.24) is 15.6 Å². The molecular weight excluding hydrogens is 460 g/mol. The van der Waals surface area contributed by atoms with E-state index in [0.29, 0.717) is 38.0 Å². The number of hydrogen-bond donors (Lipinski definition) is 3. The molecule has 1 aromatic heterocycles. The van der Waals surface area contributed by atoms with Gasteiger partial charge in [0, 0.05) is 44.6 Å². The average molecular weight is 505 g/mol. The Morgan fingerprint density at radius 1 is 1.25 bits per heavy atom. The lowest BCUT2D eigenvalue weighted by Gasteiger charge is -2.37. The second kappa shape index (κ2) is 12.4. The number of pyridine rings is 1. The molecule has 2 amide bonds. The van der Waals surface area contributed by atoms with E-state index in [1.54, 1.807) is 18.2 Å². The molecule has 2 aliphatic rings. The highest BCUT2D eigenvalue weighted by atomic mass is 16.5. The minimum atomic E-state index is -1.08. The Morgan fingerprint density at radius 2 is 1.94 bits per heavy atom. The molecule has 1 aromatic rings. The number of carbonyl (C=O) groups excluding carboxylic acids is 2. The van der Waals surface area contributed by atoms with E-state index in [4.69, 9.17) is 9.47 Å². The lowest BCUT2D eigenvalue weighted by molar-refractivity contribution is -0.137. The van der Waals surface area contributed by atoms with Gasteiger partial charge in [-0.2, -0.15) is 0 Å². The first-order valence-corrected chi connectivity index (χ1v) is 13.2. The van der Waals surface area contributed by atoms with Crippen LogP contribution in [0.15, 0.2) is 18.3 Å². The van der Waals surface area contributed by atoms with Gasteiger partial charge in [0.25, 0.3) is 0 Å². The van der Waals surface area contributed by atoms with Crippen LogP contribution >= 0.6 is 0 Å². The Bertz CT molecular complexity index is 871. The van der Waals surface area contributed by atoms with Crippen LogP contribution in [0.5, 0.6) is 0 Å². The highest BCUT2D eigenvalue weighted by Crippen LogP contribution is 2.34. The molecule has 1 aliphatic carbocycles. The predicted octanol–water partition coefficient (Wildman–Crippen LogP) is 2.22. The summed E-state index contributed by atoms with van der Waals surface area (Å²) in [6.45, 7) is 11.7. The van der Waals surface area contributed by atoms with Gasteiger partial charge in [-0.15, -0.1) is 0 Å². The van der Waals surface area contributed by atoms with E-state index in [1.807, 2.05) is 32.9 Å². The topological polar surface area (TPSA) is 113 Å². The minimum Gasteiger partial charge on any atom is -0.391 e. The molecule has 2 heterocycles. The number of hydrogen-bond acceptors (Lipinski definition) is 7. The van der Waals surface area contributed by atoms with Gasteiger partial charge in [0.1, 0.15) is 5.82 Å². The molecule has 1 unspecified atom stereocenters. The normalized spacial score (nSPS) is 23.4. The lowest BCUT2D eigenvalue weighted by Crippen LogP contribution is -2.59. The fourth-order valence-electron chi connectivity index (χ4n) is 4.70. The molecule has 3 N–H and O–H groups in total. The summed E-state index contributed by atoms with van der Waals surface area (Å²) in [6, 6.07) is 3.69. The molecule has 36 heavy (non-hydrogen) atoms. The third-order valence-electron chi connectivity index (χ3n) is 7.18. The Hall–Kier alpha value is -2.07. The zero-order chi connectivity index (χ0) is 26.5. The van der Waals surface area contributed by atoms with Gasteiger partial charge in [0.05, 0.1) is 36.2 Å². The van der Waals surface area contributed by atoms with Crippen molar-refractivity contribution in [3.05, 3.63) is 23.9 Å². The molecule has 9 nitrogen and oxygen atoms in total.